The molecule has 4 atom stereocenters. The Balaban J connectivity index is 2.08. The van der Waals surface area contributed by atoms with E-state index in [-0.39, 0.29) is 0 Å². The molecule has 0 heterocycles. The molecule has 1 aliphatic rings. The summed E-state index contributed by atoms with van der Waals surface area (Å²) in [5.41, 5.74) is 1.42. The van der Waals surface area contributed by atoms with Crippen LogP contribution >= 0.6 is 0 Å². The molecule has 1 aromatic carbocycles. The number of rotatable bonds is 9. The molecule has 0 spiro atoms. The van der Waals surface area contributed by atoms with Crippen molar-refractivity contribution in [2.45, 2.75) is 52.1 Å². The lowest BCUT2D eigenvalue weighted by Crippen LogP contribution is -2.43. The molecule has 0 aliphatic heterocycles. The van der Waals surface area contributed by atoms with Crippen LogP contribution in [0.5, 0.6) is 0 Å². The first kappa shape index (κ1) is 16.5. The zero-order valence-electron chi connectivity index (χ0n) is 14.2. The SMILES string of the molecule is CCCNC(c1ccccc1)C(CC)N(C)CC1CC1C. The normalized spacial score (nSPS) is 24.0. The molecule has 1 aromatic rings. The van der Waals surface area contributed by atoms with Crippen molar-refractivity contribution in [1.82, 2.24) is 10.2 Å². The highest BCUT2D eigenvalue weighted by molar-refractivity contribution is 5.20. The van der Waals surface area contributed by atoms with E-state index in [2.05, 4.69) is 68.4 Å². The smallest absolute Gasteiger partial charge is 0.0477 e. The van der Waals surface area contributed by atoms with Crippen LogP contribution in [0.3, 0.4) is 0 Å². The summed E-state index contributed by atoms with van der Waals surface area (Å²) in [5, 5.41) is 3.78. The molecule has 0 saturated heterocycles. The van der Waals surface area contributed by atoms with Gasteiger partial charge in [-0.15, -0.1) is 0 Å². The molecule has 0 aromatic heterocycles. The average Bonchev–Trinajstić information content (AvgIpc) is 3.19. The molecule has 4 unspecified atom stereocenters. The van der Waals surface area contributed by atoms with Crippen LogP contribution in [-0.2, 0) is 0 Å². The standard InChI is InChI=1S/C19H32N2/c1-5-12-20-19(16-10-8-7-9-11-16)18(6-2)21(4)14-17-13-15(17)3/h7-11,15,17-20H,5-6,12-14H2,1-4H3. The van der Waals surface area contributed by atoms with Crippen molar-refractivity contribution in [1.29, 1.82) is 0 Å². The van der Waals surface area contributed by atoms with Crippen molar-refractivity contribution < 1.29 is 0 Å². The molecular weight excluding hydrogens is 256 g/mol. The van der Waals surface area contributed by atoms with Gasteiger partial charge in [-0.25, -0.2) is 0 Å². The maximum atomic E-state index is 3.78. The number of hydrogen-bond donors (Lipinski definition) is 1. The van der Waals surface area contributed by atoms with Crippen LogP contribution in [0, 0.1) is 11.8 Å². The molecule has 0 bridgehead atoms. The summed E-state index contributed by atoms with van der Waals surface area (Å²) in [7, 11) is 2.31. The van der Waals surface area contributed by atoms with Gasteiger partial charge in [-0.1, -0.05) is 51.1 Å². The Bertz CT molecular complexity index is 403. The lowest BCUT2D eigenvalue weighted by Gasteiger charge is -2.35. The van der Waals surface area contributed by atoms with Crippen LogP contribution in [0.4, 0.5) is 0 Å². The van der Waals surface area contributed by atoms with Gasteiger partial charge in [0.25, 0.3) is 0 Å². The highest BCUT2D eigenvalue weighted by Gasteiger charge is 2.35. The minimum absolute atomic E-state index is 0.440. The van der Waals surface area contributed by atoms with Crippen molar-refractivity contribution in [2.75, 3.05) is 20.1 Å². The molecule has 2 heteroatoms. The summed E-state index contributed by atoms with van der Waals surface area (Å²) < 4.78 is 0. The fourth-order valence-electron chi connectivity index (χ4n) is 3.40. The van der Waals surface area contributed by atoms with Gasteiger partial charge in [0.15, 0.2) is 0 Å². The highest BCUT2D eigenvalue weighted by Crippen LogP contribution is 2.39. The third kappa shape index (κ3) is 4.55. The van der Waals surface area contributed by atoms with E-state index in [0.29, 0.717) is 12.1 Å². The summed E-state index contributed by atoms with van der Waals surface area (Å²) in [4.78, 5) is 2.59. The largest absolute Gasteiger partial charge is 0.309 e. The third-order valence-electron chi connectivity index (χ3n) is 4.94. The summed E-state index contributed by atoms with van der Waals surface area (Å²) in [6, 6.07) is 12.0. The molecule has 2 rings (SSSR count). The molecule has 1 saturated carbocycles. The van der Waals surface area contributed by atoms with Crippen LogP contribution in [0.2, 0.25) is 0 Å². The molecule has 21 heavy (non-hydrogen) atoms. The lowest BCUT2D eigenvalue weighted by atomic mass is 9.95. The Kier molecular flexibility index (Phi) is 6.25. The predicted octanol–water partition coefficient (Wildman–Crippen LogP) is 4.09. The van der Waals surface area contributed by atoms with Crippen molar-refractivity contribution in [3.8, 4) is 0 Å². The molecule has 0 amide bonds. The molecule has 1 fully saturated rings. The van der Waals surface area contributed by atoms with Gasteiger partial charge >= 0.3 is 0 Å². The van der Waals surface area contributed by atoms with E-state index in [9.17, 15) is 0 Å². The van der Waals surface area contributed by atoms with Crippen LogP contribution in [0.15, 0.2) is 30.3 Å². The van der Waals surface area contributed by atoms with Gasteiger partial charge in [0.1, 0.15) is 0 Å². The zero-order valence-corrected chi connectivity index (χ0v) is 14.2. The second kappa shape index (κ2) is 7.95. The maximum Gasteiger partial charge on any atom is 0.0477 e. The monoisotopic (exact) mass is 288 g/mol. The predicted molar refractivity (Wildman–Crippen MR) is 91.5 cm³/mol. The Hall–Kier alpha value is -0.860. The van der Waals surface area contributed by atoms with E-state index in [0.717, 1.165) is 18.4 Å². The summed E-state index contributed by atoms with van der Waals surface area (Å²) >= 11 is 0. The molecule has 0 radical (unpaired) electrons. The van der Waals surface area contributed by atoms with Crippen molar-refractivity contribution in [3.05, 3.63) is 35.9 Å². The fraction of sp³-hybridized carbons (Fsp3) is 0.684. The van der Waals surface area contributed by atoms with E-state index >= 15 is 0 Å². The maximum absolute atomic E-state index is 3.78. The Morgan fingerprint density at radius 2 is 1.90 bits per heavy atom. The van der Waals surface area contributed by atoms with Crippen LogP contribution in [0.1, 0.15) is 51.6 Å². The van der Waals surface area contributed by atoms with E-state index in [1.54, 1.807) is 0 Å². The number of likely N-dealkylation sites (N-methyl/N-ethyl adjacent to an activating group) is 1. The van der Waals surface area contributed by atoms with Gasteiger partial charge in [-0.05, 0) is 50.3 Å². The number of nitrogens with zero attached hydrogens (tertiary/aromatic N) is 1. The van der Waals surface area contributed by atoms with Crippen molar-refractivity contribution in [3.63, 3.8) is 0 Å². The van der Waals surface area contributed by atoms with Crippen LogP contribution < -0.4 is 5.32 Å². The minimum atomic E-state index is 0.440. The second-order valence-corrected chi connectivity index (χ2v) is 6.73. The van der Waals surface area contributed by atoms with Gasteiger partial charge in [-0.3, -0.25) is 0 Å². The number of hydrogen-bond acceptors (Lipinski definition) is 2. The highest BCUT2D eigenvalue weighted by atomic mass is 15.2. The Morgan fingerprint density at radius 3 is 2.43 bits per heavy atom. The van der Waals surface area contributed by atoms with Crippen molar-refractivity contribution in [2.24, 2.45) is 11.8 Å². The molecule has 1 N–H and O–H groups in total. The average molecular weight is 288 g/mol. The molecule has 118 valence electrons. The fourth-order valence-corrected chi connectivity index (χ4v) is 3.40. The quantitative estimate of drug-likeness (QED) is 0.736. The Labute approximate surface area is 130 Å². The van der Waals surface area contributed by atoms with E-state index in [1.165, 1.54) is 31.4 Å². The van der Waals surface area contributed by atoms with Gasteiger partial charge < -0.3 is 10.2 Å². The van der Waals surface area contributed by atoms with Crippen LogP contribution in [0.25, 0.3) is 0 Å². The molecule has 1 aliphatic carbocycles. The third-order valence-corrected chi connectivity index (χ3v) is 4.94. The molecule has 2 nitrogen and oxygen atoms in total. The minimum Gasteiger partial charge on any atom is -0.309 e. The summed E-state index contributed by atoms with van der Waals surface area (Å²) in [6.07, 6.45) is 3.79. The van der Waals surface area contributed by atoms with Gasteiger partial charge in [-0.2, -0.15) is 0 Å². The van der Waals surface area contributed by atoms with Gasteiger partial charge in [0.2, 0.25) is 0 Å². The lowest BCUT2D eigenvalue weighted by molar-refractivity contribution is 0.177. The first-order valence-electron chi connectivity index (χ1n) is 8.65. The summed E-state index contributed by atoms with van der Waals surface area (Å²) in [6.45, 7) is 9.27. The van der Waals surface area contributed by atoms with E-state index in [4.69, 9.17) is 0 Å². The second-order valence-electron chi connectivity index (χ2n) is 6.73. The van der Waals surface area contributed by atoms with E-state index in [1.807, 2.05) is 0 Å². The number of benzene rings is 1. The first-order valence-corrected chi connectivity index (χ1v) is 8.65. The van der Waals surface area contributed by atoms with Crippen LogP contribution in [-0.4, -0.2) is 31.1 Å². The summed E-state index contributed by atoms with van der Waals surface area (Å²) in [5.74, 6) is 1.86. The Morgan fingerprint density at radius 1 is 1.24 bits per heavy atom. The number of nitrogens with one attached hydrogen (secondary N) is 1. The first-order chi connectivity index (χ1) is 10.2. The topological polar surface area (TPSA) is 15.3 Å². The van der Waals surface area contributed by atoms with Crippen molar-refractivity contribution >= 4 is 0 Å². The molecular formula is C19H32N2. The van der Waals surface area contributed by atoms with Gasteiger partial charge in [0.05, 0.1) is 0 Å². The zero-order chi connectivity index (χ0) is 15.2. The van der Waals surface area contributed by atoms with E-state index < -0.39 is 0 Å². The van der Waals surface area contributed by atoms with Gasteiger partial charge in [0, 0.05) is 18.6 Å².